The molecule has 0 unspecified atom stereocenters. The molecule has 1 aliphatic carbocycles. The van der Waals surface area contributed by atoms with Crippen molar-refractivity contribution in [1.82, 2.24) is 5.32 Å². The van der Waals surface area contributed by atoms with Crippen molar-refractivity contribution in [3.8, 4) is 0 Å². The predicted molar refractivity (Wildman–Crippen MR) is 73.0 cm³/mol. The first kappa shape index (κ1) is 15.4. The van der Waals surface area contributed by atoms with Crippen LogP contribution in [0.4, 0.5) is 0 Å². The lowest BCUT2D eigenvalue weighted by Crippen LogP contribution is -2.33. The molecule has 106 valence electrons. The molecule has 18 heavy (non-hydrogen) atoms. The van der Waals surface area contributed by atoms with Crippen molar-refractivity contribution < 1.29 is 9.90 Å². The summed E-state index contributed by atoms with van der Waals surface area (Å²) in [6.07, 6.45) is 4.59. The minimum atomic E-state index is 0.107. The van der Waals surface area contributed by atoms with E-state index in [1.165, 1.54) is 0 Å². The zero-order valence-electron chi connectivity index (χ0n) is 11.7. The Morgan fingerprint density at radius 3 is 2.56 bits per heavy atom. The minimum absolute atomic E-state index is 0.107. The quantitative estimate of drug-likeness (QED) is 0.581. The molecule has 4 heteroatoms. The Labute approximate surface area is 110 Å². The van der Waals surface area contributed by atoms with Crippen LogP contribution in [0.25, 0.3) is 0 Å². The van der Waals surface area contributed by atoms with Crippen LogP contribution in [0.5, 0.6) is 0 Å². The van der Waals surface area contributed by atoms with Crippen molar-refractivity contribution in [2.24, 2.45) is 23.0 Å². The molecule has 0 heterocycles. The van der Waals surface area contributed by atoms with E-state index in [1.807, 2.05) is 0 Å². The average molecular weight is 256 g/mol. The average Bonchev–Trinajstić information content (AvgIpc) is 3.06. The second-order valence-corrected chi connectivity index (χ2v) is 6.19. The van der Waals surface area contributed by atoms with Gasteiger partial charge in [-0.2, -0.15) is 0 Å². The largest absolute Gasteiger partial charge is 0.396 e. The van der Waals surface area contributed by atoms with Crippen molar-refractivity contribution in [3.63, 3.8) is 0 Å². The maximum absolute atomic E-state index is 11.8. The lowest BCUT2D eigenvalue weighted by molar-refractivity contribution is -0.122. The third-order valence-corrected chi connectivity index (χ3v) is 3.87. The molecule has 0 radical (unpaired) electrons. The van der Waals surface area contributed by atoms with Crippen LogP contribution in [0.3, 0.4) is 0 Å². The summed E-state index contributed by atoms with van der Waals surface area (Å²) in [5.74, 6) is 0.976. The maximum Gasteiger partial charge on any atom is 0.220 e. The topological polar surface area (TPSA) is 75.4 Å². The number of carbonyl (C=O) groups is 1. The lowest BCUT2D eigenvalue weighted by atomic mass is 9.94. The standard InChI is InChI=1S/C14H28N2O2/c1-11(2)7-12(9-15)8-13(18)16-10-14(3-4-14)5-6-17/h11-12,17H,3-10,15H2,1-2H3,(H,16,18)/t12-/m0/s1. The molecule has 1 aliphatic rings. The van der Waals surface area contributed by atoms with Crippen LogP contribution in [0.1, 0.15) is 46.0 Å². The van der Waals surface area contributed by atoms with Crippen molar-refractivity contribution in [1.29, 1.82) is 0 Å². The monoisotopic (exact) mass is 256 g/mol. The molecule has 1 saturated carbocycles. The van der Waals surface area contributed by atoms with Gasteiger partial charge in [-0.1, -0.05) is 13.8 Å². The predicted octanol–water partition coefficient (Wildman–Crippen LogP) is 1.28. The Bertz CT molecular complexity index is 263. The lowest BCUT2D eigenvalue weighted by Gasteiger charge is -2.18. The van der Waals surface area contributed by atoms with Gasteiger partial charge in [0.25, 0.3) is 0 Å². The van der Waals surface area contributed by atoms with Gasteiger partial charge in [-0.25, -0.2) is 0 Å². The number of amides is 1. The zero-order valence-corrected chi connectivity index (χ0v) is 11.7. The molecule has 1 fully saturated rings. The Kier molecular flexibility index (Phi) is 6.09. The van der Waals surface area contributed by atoms with E-state index in [0.717, 1.165) is 25.7 Å². The number of aliphatic hydroxyl groups is 1. The molecule has 0 bridgehead atoms. The second kappa shape index (κ2) is 7.10. The summed E-state index contributed by atoms with van der Waals surface area (Å²) >= 11 is 0. The van der Waals surface area contributed by atoms with Crippen LogP contribution in [0, 0.1) is 17.3 Å². The molecular weight excluding hydrogens is 228 g/mol. The highest BCUT2D eigenvalue weighted by Gasteiger charge is 2.41. The van der Waals surface area contributed by atoms with Crippen LogP contribution < -0.4 is 11.1 Å². The molecule has 4 N–H and O–H groups in total. The number of aliphatic hydroxyl groups excluding tert-OH is 1. The number of hydrogen-bond donors (Lipinski definition) is 3. The summed E-state index contributed by atoms with van der Waals surface area (Å²) < 4.78 is 0. The van der Waals surface area contributed by atoms with Crippen LogP contribution in [0.2, 0.25) is 0 Å². The first-order valence-corrected chi connectivity index (χ1v) is 7.09. The molecule has 0 aliphatic heterocycles. The Balaban J connectivity index is 2.24. The van der Waals surface area contributed by atoms with E-state index in [2.05, 4.69) is 19.2 Å². The summed E-state index contributed by atoms with van der Waals surface area (Å²) in [6, 6.07) is 0. The summed E-state index contributed by atoms with van der Waals surface area (Å²) in [5.41, 5.74) is 5.89. The fourth-order valence-corrected chi connectivity index (χ4v) is 2.48. The third-order valence-electron chi connectivity index (χ3n) is 3.87. The van der Waals surface area contributed by atoms with E-state index in [-0.39, 0.29) is 23.8 Å². The van der Waals surface area contributed by atoms with E-state index in [0.29, 0.717) is 25.4 Å². The van der Waals surface area contributed by atoms with E-state index >= 15 is 0 Å². The molecule has 0 aromatic heterocycles. The van der Waals surface area contributed by atoms with Gasteiger partial charge in [0.15, 0.2) is 0 Å². The maximum atomic E-state index is 11.8. The molecule has 0 spiro atoms. The third kappa shape index (κ3) is 5.36. The first-order chi connectivity index (χ1) is 8.51. The van der Waals surface area contributed by atoms with Gasteiger partial charge in [0.1, 0.15) is 0 Å². The van der Waals surface area contributed by atoms with Gasteiger partial charge in [0, 0.05) is 19.6 Å². The molecule has 0 aromatic carbocycles. The number of hydrogen-bond acceptors (Lipinski definition) is 3. The number of carbonyl (C=O) groups excluding carboxylic acids is 1. The van der Waals surface area contributed by atoms with E-state index in [9.17, 15) is 4.79 Å². The van der Waals surface area contributed by atoms with Crippen molar-refractivity contribution >= 4 is 5.91 Å². The molecule has 1 amide bonds. The Morgan fingerprint density at radius 1 is 1.44 bits per heavy atom. The van der Waals surface area contributed by atoms with E-state index < -0.39 is 0 Å². The second-order valence-electron chi connectivity index (χ2n) is 6.19. The van der Waals surface area contributed by atoms with E-state index in [4.69, 9.17) is 10.8 Å². The normalized spacial score (nSPS) is 18.7. The van der Waals surface area contributed by atoms with Crippen LogP contribution in [-0.4, -0.2) is 30.7 Å². The molecule has 0 aromatic rings. The smallest absolute Gasteiger partial charge is 0.220 e. The molecule has 1 rings (SSSR count). The summed E-state index contributed by atoms with van der Waals surface area (Å²) in [7, 11) is 0. The summed E-state index contributed by atoms with van der Waals surface area (Å²) in [4.78, 5) is 11.8. The van der Waals surface area contributed by atoms with Crippen LogP contribution in [0.15, 0.2) is 0 Å². The number of nitrogens with one attached hydrogen (secondary N) is 1. The Hall–Kier alpha value is -0.610. The molecule has 0 saturated heterocycles. The zero-order chi connectivity index (χ0) is 13.6. The number of rotatable bonds is 9. The molecule has 4 nitrogen and oxygen atoms in total. The van der Waals surface area contributed by atoms with Gasteiger partial charge >= 0.3 is 0 Å². The fraction of sp³-hybridized carbons (Fsp3) is 0.929. The van der Waals surface area contributed by atoms with Crippen molar-refractivity contribution in [3.05, 3.63) is 0 Å². The van der Waals surface area contributed by atoms with Gasteiger partial charge in [-0.15, -0.1) is 0 Å². The Morgan fingerprint density at radius 2 is 2.11 bits per heavy atom. The van der Waals surface area contributed by atoms with Crippen LogP contribution in [-0.2, 0) is 4.79 Å². The van der Waals surface area contributed by atoms with Crippen molar-refractivity contribution in [2.75, 3.05) is 19.7 Å². The first-order valence-electron chi connectivity index (χ1n) is 7.09. The summed E-state index contributed by atoms with van der Waals surface area (Å²) in [5, 5.41) is 12.0. The van der Waals surface area contributed by atoms with E-state index in [1.54, 1.807) is 0 Å². The minimum Gasteiger partial charge on any atom is -0.396 e. The van der Waals surface area contributed by atoms with Crippen LogP contribution >= 0.6 is 0 Å². The van der Waals surface area contributed by atoms with Gasteiger partial charge in [0.2, 0.25) is 5.91 Å². The SMILES string of the molecule is CC(C)C[C@H](CN)CC(=O)NCC1(CCO)CC1. The molecular formula is C14H28N2O2. The summed E-state index contributed by atoms with van der Waals surface area (Å²) in [6.45, 7) is 5.81. The van der Waals surface area contributed by atoms with Gasteiger partial charge < -0.3 is 16.2 Å². The fourth-order valence-electron chi connectivity index (χ4n) is 2.48. The molecule has 1 atom stereocenters. The van der Waals surface area contributed by atoms with Crippen molar-refractivity contribution in [2.45, 2.75) is 46.0 Å². The number of nitrogens with two attached hydrogens (primary N) is 1. The van der Waals surface area contributed by atoms with Gasteiger partial charge in [-0.05, 0) is 49.5 Å². The van der Waals surface area contributed by atoms with Gasteiger partial charge in [-0.3, -0.25) is 4.79 Å². The highest BCUT2D eigenvalue weighted by Crippen LogP contribution is 2.47. The highest BCUT2D eigenvalue weighted by atomic mass is 16.3. The highest BCUT2D eigenvalue weighted by molar-refractivity contribution is 5.76. The van der Waals surface area contributed by atoms with Gasteiger partial charge in [0.05, 0.1) is 0 Å².